The number of fused-ring (bicyclic) bond motifs is 1. The Hall–Kier alpha value is -1.84. The summed E-state index contributed by atoms with van der Waals surface area (Å²) in [4.78, 5) is 11.4. The molecule has 1 N–H and O–H groups in total. The molecule has 0 aliphatic carbocycles. The molecule has 2 aliphatic rings. The number of amides is 1. The molecule has 1 amide bonds. The molecule has 0 aromatic heterocycles. The molecule has 2 aliphatic heterocycles. The van der Waals surface area contributed by atoms with Crippen molar-refractivity contribution >= 4 is 17.3 Å². The fraction of sp³-hybridized carbons (Fsp3) is 0.333. The van der Waals surface area contributed by atoms with Gasteiger partial charge in [-0.3, -0.25) is 9.80 Å². The predicted molar refractivity (Wildman–Crippen MR) is 62.5 cm³/mol. The van der Waals surface area contributed by atoms with E-state index < -0.39 is 0 Å². The molecule has 0 bridgehead atoms. The highest BCUT2D eigenvalue weighted by Crippen LogP contribution is 2.24. The van der Waals surface area contributed by atoms with Gasteiger partial charge < -0.3 is 5.32 Å². The van der Waals surface area contributed by atoms with Crippen molar-refractivity contribution in [3.8, 4) is 0 Å². The van der Waals surface area contributed by atoms with Gasteiger partial charge in [-0.05, 0) is 19.1 Å². The maximum absolute atomic E-state index is 11.4. The lowest BCUT2D eigenvalue weighted by atomic mass is 10.1. The van der Waals surface area contributed by atoms with Crippen molar-refractivity contribution < 1.29 is 4.79 Å². The second kappa shape index (κ2) is 3.33. The van der Waals surface area contributed by atoms with Gasteiger partial charge in [0.25, 0.3) is 5.91 Å². The predicted octanol–water partition coefficient (Wildman–Crippen LogP) is 0.917. The maximum atomic E-state index is 11.4. The van der Waals surface area contributed by atoms with Crippen molar-refractivity contribution in [2.75, 3.05) is 18.1 Å². The molecule has 1 atom stereocenters. The summed E-state index contributed by atoms with van der Waals surface area (Å²) in [5, 5.41) is 9.09. The summed E-state index contributed by atoms with van der Waals surface area (Å²) < 4.78 is 0. The Morgan fingerprint density at radius 3 is 2.81 bits per heavy atom. The largest absolute Gasteiger partial charge is 0.350 e. The van der Waals surface area contributed by atoms with Crippen LogP contribution < -0.4 is 10.3 Å². The summed E-state index contributed by atoms with van der Waals surface area (Å²) in [6, 6.07) is 8.20. The van der Waals surface area contributed by atoms with Crippen LogP contribution in [0.1, 0.15) is 5.56 Å². The van der Waals surface area contributed by atoms with E-state index in [2.05, 4.69) is 29.5 Å². The monoisotopic (exact) mass is 215 g/mol. The average molecular weight is 215 g/mol. The molecule has 2 heterocycles. The summed E-state index contributed by atoms with van der Waals surface area (Å²) in [5.74, 6) is 0.244. The number of benzene rings is 1. The van der Waals surface area contributed by atoms with E-state index in [9.17, 15) is 4.79 Å². The minimum Gasteiger partial charge on any atom is -0.350 e. The van der Waals surface area contributed by atoms with Crippen molar-refractivity contribution in [3.63, 3.8) is 0 Å². The van der Waals surface area contributed by atoms with E-state index >= 15 is 0 Å². The first-order chi connectivity index (χ1) is 7.74. The zero-order valence-corrected chi connectivity index (χ0v) is 9.10. The lowest BCUT2D eigenvalue weighted by molar-refractivity contribution is -0.113. The number of aryl methyl sites for hydroxylation is 1. The van der Waals surface area contributed by atoms with Gasteiger partial charge in [0.15, 0.2) is 0 Å². The number of anilines is 1. The summed E-state index contributed by atoms with van der Waals surface area (Å²) in [5.41, 5.74) is 2.97. The molecule has 16 heavy (non-hydrogen) atoms. The average Bonchev–Trinajstić information content (AvgIpc) is 2.83. The highest BCUT2D eigenvalue weighted by atomic mass is 16.2. The van der Waals surface area contributed by atoms with Crippen LogP contribution >= 0.6 is 0 Å². The smallest absolute Gasteiger partial charge is 0.267 e. The standard InChI is InChI=1S/C12H13N3O/c1-8-2-4-10(5-3-8)15-7-9-6-13-12(16)11(9)14-15/h2-5,9H,6-7H2,1H3,(H,13,16). The van der Waals surface area contributed by atoms with Crippen molar-refractivity contribution in [1.29, 1.82) is 0 Å². The van der Waals surface area contributed by atoms with Crippen molar-refractivity contribution in [1.82, 2.24) is 5.32 Å². The van der Waals surface area contributed by atoms with Gasteiger partial charge in [-0.2, -0.15) is 5.10 Å². The van der Waals surface area contributed by atoms with Gasteiger partial charge in [-0.15, -0.1) is 0 Å². The molecule has 0 saturated carbocycles. The Balaban J connectivity index is 1.89. The number of hydrogen-bond donors (Lipinski definition) is 1. The molecule has 3 rings (SSSR count). The van der Waals surface area contributed by atoms with E-state index in [0.717, 1.165) is 18.8 Å². The number of nitrogens with one attached hydrogen (secondary N) is 1. The van der Waals surface area contributed by atoms with Crippen LogP contribution in [0.15, 0.2) is 29.4 Å². The van der Waals surface area contributed by atoms with Crippen LogP contribution in [0.2, 0.25) is 0 Å². The molecule has 1 aromatic rings. The summed E-state index contributed by atoms with van der Waals surface area (Å²) in [6.07, 6.45) is 0. The lowest BCUT2D eigenvalue weighted by Gasteiger charge is -2.15. The highest BCUT2D eigenvalue weighted by Gasteiger charge is 2.37. The summed E-state index contributed by atoms with van der Waals surface area (Å²) in [7, 11) is 0. The van der Waals surface area contributed by atoms with Crippen LogP contribution in [0.25, 0.3) is 0 Å². The number of carbonyl (C=O) groups is 1. The van der Waals surface area contributed by atoms with E-state index in [1.165, 1.54) is 5.56 Å². The van der Waals surface area contributed by atoms with Crippen molar-refractivity contribution in [2.45, 2.75) is 6.92 Å². The molecule has 1 saturated heterocycles. The molecule has 1 aromatic carbocycles. The summed E-state index contributed by atoms with van der Waals surface area (Å²) >= 11 is 0. The number of rotatable bonds is 1. The Labute approximate surface area is 93.9 Å². The minimum absolute atomic E-state index is 0.0142. The van der Waals surface area contributed by atoms with E-state index in [1.807, 2.05) is 17.1 Å². The van der Waals surface area contributed by atoms with E-state index in [4.69, 9.17) is 0 Å². The second-order valence-electron chi connectivity index (χ2n) is 4.31. The fourth-order valence-corrected chi connectivity index (χ4v) is 2.13. The lowest BCUT2D eigenvalue weighted by Crippen LogP contribution is -2.22. The third kappa shape index (κ3) is 1.38. The SMILES string of the molecule is Cc1ccc(N2CC3CNC(=O)C3=N2)cc1. The van der Waals surface area contributed by atoms with Crippen LogP contribution in [0.5, 0.6) is 0 Å². The Bertz CT molecular complexity index is 464. The van der Waals surface area contributed by atoms with Gasteiger partial charge in [0.2, 0.25) is 0 Å². The maximum Gasteiger partial charge on any atom is 0.267 e. The molecule has 0 radical (unpaired) electrons. The molecule has 0 spiro atoms. The summed E-state index contributed by atoms with van der Waals surface area (Å²) in [6.45, 7) is 3.58. The van der Waals surface area contributed by atoms with E-state index in [0.29, 0.717) is 5.71 Å². The quantitative estimate of drug-likeness (QED) is 0.757. The van der Waals surface area contributed by atoms with Crippen LogP contribution in [0.4, 0.5) is 5.69 Å². The first kappa shape index (κ1) is 9.39. The highest BCUT2D eigenvalue weighted by molar-refractivity contribution is 6.42. The van der Waals surface area contributed by atoms with Gasteiger partial charge in [0, 0.05) is 12.5 Å². The number of hydrazone groups is 1. The zero-order chi connectivity index (χ0) is 11.1. The van der Waals surface area contributed by atoms with Gasteiger partial charge in [0.1, 0.15) is 5.71 Å². The zero-order valence-electron chi connectivity index (χ0n) is 9.10. The molecular formula is C12H13N3O. The van der Waals surface area contributed by atoms with Gasteiger partial charge in [-0.1, -0.05) is 17.7 Å². The van der Waals surface area contributed by atoms with Crippen molar-refractivity contribution in [2.24, 2.45) is 11.0 Å². The van der Waals surface area contributed by atoms with Crippen LogP contribution in [0.3, 0.4) is 0 Å². The Kier molecular flexibility index (Phi) is 1.96. The third-order valence-corrected chi connectivity index (χ3v) is 3.08. The first-order valence-electron chi connectivity index (χ1n) is 5.45. The number of carbonyl (C=O) groups excluding carboxylic acids is 1. The normalized spacial score (nSPS) is 23.1. The number of nitrogens with zero attached hydrogens (tertiary/aromatic N) is 2. The molecule has 4 nitrogen and oxygen atoms in total. The fourth-order valence-electron chi connectivity index (χ4n) is 2.13. The van der Waals surface area contributed by atoms with Gasteiger partial charge >= 0.3 is 0 Å². The van der Waals surface area contributed by atoms with Crippen LogP contribution in [0, 0.1) is 12.8 Å². The van der Waals surface area contributed by atoms with E-state index in [-0.39, 0.29) is 11.8 Å². The molecule has 1 unspecified atom stereocenters. The molecular weight excluding hydrogens is 202 g/mol. The minimum atomic E-state index is -0.0142. The Morgan fingerprint density at radius 2 is 2.12 bits per heavy atom. The van der Waals surface area contributed by atoms with Gasteiger partial charge in [0.05, 0.1) is 12.2 Å². The third-order valence-electron chi connectivity index (χ3n) is 3.08. The topological polar surface area (TPSA) is 44.7 Å². The number of hydrogen-bond acceptors (Lipinski definition) is 3. The molecule has 4 heteroatoms. The van der Waals surface area contributed by atoms with Gasteiger partial charge in [-0.25, -0.2) is 0 Å². The molecule has 1 fully saturated rings. The Morgan fingerprint density at radius 1 is 1.38 bits per heavy atom. The first-order valence-corrected chi connectivity index (χ1v) is 5.45. The molecule has 82 valence electrons. The van der Waals surface area contributed by atoms with Crippen LogP contribution in [-0.2, 0) is 4.79 Å². The van der Waals surface area contributed by atoms with Crippen molar-refractivity contribution in [3.05, 3.63) is 29.8 Å². The van der Waals surface area contributed by atoms with Crippen LogP contribution in [-0.4, -0.2) is 24.7 Å². The second-order valence-corrected chi connectivity index (χ2v) is 4.31. The van der Waals surface area contributed by atoms with E-state index in [1.54, 1.807) is 0 Å².